The minimum Gasteiger partial charge on any atom is -0.378 e. The van der Waals surface area contributed by atoms with E-state index in [0.29, 0.717) is 50.6 Å². The first-order chi connectivity index (χ1) is 13.3. The smallest absolute Gasteiger partial charge is 0.378 e. The van der Waals surface area contributed by atoms with E-state index in [0.717, 1.165) is 12.1 Å². The van der Waals surface area contributed by atoms with Gasteiger partial charge in [0.2, 0.25) is 0 Å². The number of alkyl halides is 3. The van der Waals surface area contributed by atoms with Crippen LogP contribution in [-0.2, 0) is 4.74 Å². The molecular weight excluding hydrogens is 373 g/mol. The lowest BCUT2D eigenvalue weighted by Gasteiger charge is -2.35. The highest BCUT2D eigenvalue weighted by atomic mass is 19.4. The zero-order valence-corrected chi connectivity index (χ0v) is 15.6. The number of fused-ring (bicyclic) bond motifs is 1. The maximum absolute atomic E-state index is 13.4. The number of pyridine rings is 1. The maximum atomic E-state index is 13.4. The first-order valence-corrected chi connectivity index (χ1v) is 9.53. The Hall–Kier alpha value is -2.29. The summed E-state index contributed by atoms with van der Waals surface area (Å²) >= 11 is 0. The van der Waals surface area contributed by atoms with Crippen molar-refractivity contribution in [1.29, 1.82) is 0 Å². The Kier molecular flexibility index (Phi) is 4.95. The summed E-state index contributed by atoms with van der Waals surface area (Å²) in [5.74, 6) is -0.592. The van der Waals surface area contributed by atoms with Gasteiger partial charge in [0.1, 0.15) is 11.9 Å². The minimum atomic E-state index is -4.46. The summed E-state index contributed by atoms with van der Waals surface area (Å²) in [7, 11) is 0. The quantitative estimate of drug-likeness (QED) is 0.863. The van der Waals surface area contributed by atoms with Gasteiger partial charge in [-0.15, -0.1) is 0 Å². The van der Waals surface area contributed by atoms with Gasteiger partial charge < -0.3 is 19.4 Å². The van der Waals surface area contributed by atoms with Crippen LogP contribution in [0, 0.1) is 12.8 Å². The number of amides is 1. The third-order valence-corrected chi connectivity index (χ3v) is 5.65. The first kappa shape index (κ1) is 19.0. The van der Waals surface area contributed by atoms with Crippen LogP contribution in [0.1, 0.15) is 35.3 Å². The molecule has 2 aromatic rings. The lowest BCUT2D eigenvalue weighted by atomic mass is 9.79. The molecule has 28 heavy (non-hydrogen) atoms. The molecule has 3 heterocycles. The van der Waals surface area contributed by atoms with Crippen molar-refractivity contribution >= 4 is 17.4 Å². The third-order valence-electron chi connectivity index (χ3n) is 5.65. The van der Waals surface area contributed by atoms with Gasteiger partial charge in [-0.05, 0) is 37.8 Å². The number of halogens is 3. The van der Waals surface area contributed by atoms with Gasteiger partial charge in [-0.1, -0.05) is 6.42 Å². The number of nitrogens with one attached hydrogen (secondary N) is 1. The molecule has 9 heteroatoms. The molecule has 1 N–H and O–H groups in total. The molecular formula is C19H23F3N4O2. The van der Waals surface area contributed by atoms with Crippen LogP contribution < -0.4 is 10.2 Å². The fraction of sp³-hybridized carbons (Fsp3) is 0.579. The standard InChI is InChI=1S/C19H23F3N4O2/c1-12-5-6-14(18(27)24-16(19(20,21)22)13-3-2-4-13)17-23-15(11-26(12)17)25-7-9-28-10-8-25/h5-6,11,13,16H,2-4,7-10H2,1H3,(H,24,27). The molecule has 2 aromatic heterocycles. The van der Waals surface area contributed by atoms with Gasteiger partial charge in [-0.3, -0.25) is 4.79 Å². The lowest BCUT2D eigenvalue weighted by Crippen LogP contribution is -2.52. The van der Waals surface area contributed by atoms with Crippen molar-refractivity contribution in [1.82, 2.24) is 14.7 Å². The summed E-state index contributed by atoms with van der Waals surface area (Å²) in [5, 5.41) is 2.22. The van der Waals surface area contributed by atoms with Crippen molar-refractivity contribution in [2.75, 3.05) is 31.2 Å². The number of nitrogens with zero attached hydrogens (tertiary/aromatic N) is 3. The average Bonchev–Trinajstić information content (AvgIpc) is 3.06. The molecule has 0 spiro atoms. The molecule has 1 saturated heterocycles. The highest BCUT2D eigenvalue weighted by Crippen LogP contribution is 2.37. The summed E-state index contributed by atoms with van der Waals surface area (Å²) in [6, 6.07) is 1.45. The number of carbonyl (C=O) groups is 1. The number of aromatic nitrogens is 2. The Labute approximate surface area is 160 Å². The third kappa shape index (κ3) is 3.55. The number of rotatable bonds is 4. The van der Waals surface area contributed by atoms with Crippen LogP contribution in [0.2, 0.25) is 0 Å². The van der Waals surface area contributed by atoms with Crippen LogP contribution in [0.5, 0.6) is 0 Å². The van der Waals surface area contributed by atoms with Crippen LogP contribution >= 0.6 is 0 Å². The van der Waals surface area contributed by atoms with Gasteiger partial charge in [-0.2, -0.15) is 13.2 Å². The van der Waals surface area contributed by atoms with E-state index in [2.05, 4.69) is 10.3 Å². The van der Waals surface area contributed by atoms with Crippen molar-refractivity contribution in [2.24, 2.45) is 5.92 Å². The number of imidazole rings is 1. The molecule has 1 saturated carbocycles. The monoisotopic (exact) mass is 396 g/mol. The second-order valence-corrected chi connectivity index (χ2v) is 7.46. The zero-order chi connectivity index (χ0) is 19.9. The lowest BCUT2D eigenvalue weighted by molar-refractivity contribution is -0.171. The number of hydrogen-bond donors (Lipinski definition) is 1. The van der Waals surface area contributed by atoms with E-state index in [1.807, 2.05) is 18.0 Å². The molecule has 0 aromatic carbocycles. The number of morpholine rings is 1. The fourth-order valence-corrected chi connectivity index (χ4v) is 3.77. The molecule has 0 radical (unpaired) electrons. The van der Waals surface area contributed by atoms with E-state index >= 15 is 0 Å². The molecule has 1 unspecified atom stereocenters. The van der Waals surface area contributed by atoms with Crippen molar-refractivity contribution in [3.63, 3.8) is 0 Å². The summed E-state index contributed by atoms with van der Waals surface area (Å²) in [4.78, 5) is 19.4. The average molecular weight is 396 g/mol. The Morgan fingerprint density at radius 2 is 2.00 bits per heavy atom. The van der Waals surface area contributed by atoms with E-state index < -0.39 is 24.0 Å². The fourth-order valence-electron chi connectivity index (χ4n) is 3.77. The summed E-state index contributed by atoms with van der Waals surface area (Å²) in [5.41, 5.74) is 1.37. The van der Waals surface area contributed by atoms with Gasteiger partial charge in [0.15, 0.2) is 5.65 Å². The van der Waals surface area contributed by atoms with Crippen LogP contribution in [0.15, 0.2) is 18.3 Å². The van der Waals surface area contributed by atoms with Gasteiger partial charge in [0, 0.05) is 18.8 Å². The second kappa shape index (κ2) is 7.27. The minimum absolute atomic E-state index is 0.152. The second-order valence-electron chi connectivity index (χ2n) is 7.46. The molecule has 6 nitrogen and oxygen atoms in total. The Morgan fingerprint density at radius 3 is 2.61 bits per heavy atom. The molecule has 152 valence electrons. The normalized spacial score (nSPS) is 19.5. The van der Waals surface area contributed by atoms with E-state index in [1.54, 1.807) is 16.5 Å². The maximum Gasteiger partial charge on any atom is 0.408 e. The summed E-state index contributed by atoms with van der Waals surface area (Å²) in [6.45, 7) is 4.42. The zero-order valence-electron chi connectivity index (χ0n) is 15.6. The van der Waals surface area contributed by atoms with Crippen molar-refractivity contribution in [3.05, 3.63) is 29.6 Å². The van der Waals surface area contributed by atoms with E-state index in [4.69, 9.17) is 4.74 Å². The van der Waals surface area contributed by atoms with Gasteiger partial charge in [-0.25, -0.2) is 4.98 Å². The van der Waals surface area contributed by atoms with E-state index in [9.17, 15) is 18.0 Å². The molecule has 1 aliphatic heterocycles. The largest absolute Gasteiger partial charge is 0.408 e. The highest BCUT2D eigenvalue weighted by molar-refractivity contribution is 6.00. The first-order valence-electron chi connectivity index (χ1n) is 9.53. The molecule has 1 atom stereocenters. The van der Waals surface area contributed by atoms with Crippen molar-refractivity contribution in [2.45, 2.75) is 38.4 Å². The number of carbonyl (C=O) groups excluding carboxylic acids is 1. The number of aryl methyl sites for hydroxylation is 1. The van der Waals surface area contributed by atoms with Crippen LogP contribution in [0.4, 0.5) is 19.0 Å². The predicted octanol–water partition coefficient (Wildman–Crippen LogP) is 2.94. The van der Waals surface area contributed by atoms with E-state index in [1.165, 1.54) is 0 Å². The Bertz CT molecular complexity index is 870. The predicted molar refractivity (Wildman–Crippen MR) is 97.6 cm³/mol. The molecule has 4 rings (SSSR count). The number of hydrogen-bond acceptors (Lipinski definition) is 4. The summed E-state index contributed by atoms with van der Waals surface area (Å²) < 4.78 is 47.4. The highest BCUT2D eigenvalue weighted by Gasteiger charge is 2.47. The SMILES string of the molecule is Cc1ccc(C(=O)NC(C2CCC2)C(F)(F)F)c2nc(N3CCOCC3)cn12. The van der Waals surface area contributed by atoms with Crippen LogP contribution in [-0.4, -0.2) is 53.8 Å². The molecule has 2 aliphatic rings. The molecule has 1 aliphatic carbocycles. The van der Waals surface area contributed by atoms with Crippen molar-refractivity contribution < 1.29 is 22.7 Å². The summed E-state index contributed by atoms with van der Waals surface area (Å²) in [6.07, 6.45) is -0.905. The number of anilines is 1. The van der Waals surface area contributed by atoms with Gasteiger partial charge >= 0.3 is 6.18 Å². The Balaban J connectivity index is 1.64. The van der Waals surface area contributed by atoms with E-state index in [-0.39, 0.29) is 5.56 Å². The van der Waals surface area contributed by atoms with Gasteiger partial charge in [0.05, 0.1) is 25.0 Å². The molecule has 2 fully saturated rings. The van der Waals surface area contributed by atoms with Gasteiger partial charge in [0.25, 0.3) is 5.91 Å². The molecule has 0 bridgehead atoms. The van der Waals surface area contributed by atoms with Crippen LogP contribution in [0.25, 0.3) is 5.65 Å². The Morgan fingerprint density at radius 1 is 1.29 bits per heavy atom. The van der Waals surface area contributed by atoms with Crippen LogP contribution in [0.3, 0.4) is 0 Å². The topological polar surface area (TPSA) is 58.9 Å². The molecule has 1 amide bonds. The van der Waals surface area contributed by atoms with Crippen molar-refractivity contribution in [3.8, 4) is 0 Å². The number of ether oxygens (including phenoxy) is 1.